The average molecular weight is 537 g/mol. The molecule has 4 aromatic rings. The van der Waals surface area contributed by atoms with E-state index in [2.05, 4.69) is 21.1 Å². The molecule has 0 fully saturated rings. The van der Waals surface area contributed by atoms with E-state index < -0.39 is 42.7 Å². The molecule has 11 nitrogen and oxygen atoms in total. The number of benzene rings is 4. The first-order chi connectivity index (χ1) is 16.6. The van der Waals surface area contributed by atoms with Gasteiger partial charge in [0, 0.05) is 27.5 Å². The monoisotopic (exact) mass is 536 g/mol. The average Bonchev–Trinajstić information content (AvgIpc) is 2.80. The van der Waals surface area contributed by atoms with Gasteiger partial charge in [-0.15, -0.1) is 0 Å². The molecule has 0 saturated carbocycles. The maximum atomic E-state index is 12.8. The number of anilines is 2. The normalized spacial score (nSPS) is 12.4. The summed E-state index contributed by atoms with van der Waals surface area (Å²) in [5, 5.41) is 29.6. The summed E-state index contributed by atoms with van der Waals surface area (Å²) in [6.07, 6.45) is 0. The van der Waals surface area contributed by atoms with Crippen molar-refractivity contribution in [2.24, 2.45) is 10.2 Å². The Morgan fingerprint density at radius 3 is 2.31 bits per heavy atom. The van der Waals surface area contributed by atoms with Crippen LogP contribution < -0.4 is 67.1 Å². The molecular formula is C22H14ClN4NaO7S. The molecule has 0 spiro atoms. The molecule has 178 valence electrons. The van der Waals surface area contributed by atoms with Gasteiger partial charge in [-0.25, -0.2) is 0 Å². The van der Waals surface area contributed by atoms with Crippen LogP contribution in [0.2, 0.25) is 5.02 Å². The first kappa shape index (κ1) is 27.3. The summed E-state index contributed by atoms with van der Waals surface area (Å²) >= 11 is 5.84. The molecule has 0 radical (unpaired) electrons. The van der Waals surface area contributed by atoms with E-state index in [9.17, 15) is 32.8 Å². The maximum absolute atomic E-state index is 12.8. The van der Waals surface area contributed by atoms with Gasteiger partial charge in [-0.2, -0.15) is 18.6 Å². The molecule has 0 atom stereocenters. The number of fused-ring (bicyclic) bond motifs is 1. The summed E-state index contributed by atoms with van der Waals surface area (Å²) in [6, 6.07) is 12.8. The molecule has 4 aromatic carbocycles. The molecule has 0 aliphatic rings. The van der Waals surface area contributed by atoms with Crippen LogP contribution in [0, 0.1) is 0 Å². The molecule has 0 aliphatic heterocycles. The Hall–Kier alpha value is -3.26. The second-order valence-electron chi connectivity index (χ2n) is 7.14. The van der Waals surface area contributed by atoms with Gasteiger partial charge < -0.3 is 10.2 Å². The smallest absolute Gasteiger partial charge is 0.871 e. The number of rotatable bonds is 5. The molecule has 4 N–H and O–H groups in total. The Labute approximate surface area is 229 Å². The molecule has 0 bridgehead atoms. The molecular weight excluding hydrogens is 523 g/mol. The fraction of sp³-hybridized carbons (Fsp3) is 0. The first-order valence-electron chi connectivity index (χ1n) is 9.69. The van der Waals surface area contributed by atoms with Crippen LogP contribution in [-0.2, 0) is 10.1 Å². The van der Waals surface area contributed by atoms with Crippen LogP contribution in [0.3, 0.4) is 0 Å². The van der Waals surface area contributed by atoms with Gasteiger partial charge >= 0.3 is 29.6 Å². The van der Waals surface area contributed by atoms with Gasteiger partial charge in [0.2, 0.25) is 10.9 Å². The fourth-order valence-electron chi connectivity index (χ4n) is 3.22. The van der Waals surface area contributed by atoms with Gasteiger partial charge in [-0.3, -0.25) is 25.0 Å². The van der Waals surface area contributed by atoms with E-state index in [1.807, 2.05) is 0 Å². The van der Waals surface area contributed by atoms with Crippen molar-refractivity contribution in [3.63, 3.8) is 0 Å². The zero-order chi connectivity index (χ0) is 25.3. The minimum Gasteiger partial charge on any atom is -0.871 e. The van der Waals surface area contributed by atoms with E-state index in [0.717, 1.165) is 18.2 Å². The Kier molecular flexibility index (Phi) is 8.19. The Morgan fingerprint density at radius 1 is 0.917 bits per heavy atom. The largest absolute Gasteiger partial charge is 1.00 e. The standard InChI is InChI=1S/C22H15ClN4O7S.Na/c23-11-5-7-16(28)15(9-11)25-27-21-17(29)8-6-14(22(21)31)24-26-20-13-4-2-1-3-12(13)19(10-18(20)30)35(32,33)34;/h1-10,25-26,28,30H,(H,32,33,34);/q;+1/p-1. The second-order valence-corrected chi connectivity index (χ2v) is 8.96. The number of phenolic OH excluding ortho intramolecular Hbond substituents is 1. The topological polar surface area (TPSA) is 181 Å². The SMILES string of the molecule is O=c1ccc(=NNc2c(O)cc(S(=O)(=O)O)c3ccccc23)c(=O)c1=NNc1cc(Cl)ccc1[O-].[Na+]. The Morgan fingerprint density at radius 2 is 1.61 bits per heavy atom. The fourth-order valence-corrected chi connectivity index (χ4v) is 4.11. The van der Waals surface area contributed by atoms with Gasteiger partial charge in [0.1, 0.15) is 21.7 Å². The van der Waals surface area contributed by atoms with E-state index in [1.165, 1.54) is 36.4 Å². The van der Waals surface area contributed by atoms with Gasteiger partial charge in [0.05, 0.1) is 0 Å². The van der Waals surface area contributed by atoms with Crippen molar-refractivity contribution in [3.05, 3.63) is 96.8 Å². The van der Waals surface area contributed by atoms with Gasteiger partial charge in [0.15, 0.2) is 5.36 Å². The number of hydrogen-bond acceptors (Lipinski definition) is 10. The van der Waals surface area contributed by atoms with Crippen LogP contribution in [0.4, 0.5) is 11.4 Å². The molecule has 14 heteroatoms. The van der Waals surface area contributed by atoms with Gasteiger partial charge in [-0.05, 0) is 24.3 Å². The predicted octanol–water partition coefficient (Wildman–Crippen LogP) is -2.03. The van der Waals surface area contributed by atoms with Crippen molar-refractivity contribution >= 4 is 43.9 Å². The number of aromatic hydroxyl groups is 1. The third-order valence-corrected chi connectivity index (χ3v) is 5.98. The zero-order valence-corrected chi connectivity index (χ0v) is 22.0. The quantitative estimate of drug-likeness (QED) is 0.0968. The number of nitrogens with zero attached hydrogens (tertiary/aromatic N) is 2. The third kappa shape index (κ3) is 5.59. The van der Waals surface area contributed by atoms with E-state index in [1.54, 1.807) is 6.07 Å². The maximum Gasteiger partial charge on any atom is 1.00 e. The molecule has 0 aromatic heterocycles. The number of nitrogens with one attached hydrogen (secondary N) is 2. The summed E-state index contributed by atoms with van der Waals surface area (Å²) in [5.41, 5.74) is 3.13. The van der Waals surface area contributed by atoms with Crippen LogP contribution in [0.15, 0.2) is 85.4 Å². The van der Waals surface area contributed by atoms with E-state index in [4.69, 9.17) is 11.6 Å². The van der Waals surface area contributed by atoms with Crippen molar-refractivity contribution in [1.29, 1.82) is 0 Å². The van der Waals surface area contributed by atoms with Gasteiger partial charge in [0.25, 0.3) is 10.1 Å². The number of halogens is 1. The molecule has 36 heavy (non-hydrogen) atoms. The minimum atomic E-state index is -4.64. The third-order valence-electron chi connectivity index (χ3n) is 4.86. The molecule has 0 heterocycles. The molecule has 0 unspecified atom stereocenters. The van der Waals surface area contributed by atoms with Crippen LogP contribution in [0.25, 0.3) is 10.8 Å². The first-order valence-corrected chi connectivity index (χ1v) is 11.5. The van der Waals surface area contributed by atoms with E-state index in [0.29, 0.717) is 0 Å². The summed E-state index contributed by atoms with van der Waals surface area (Å²) in [7, 11) is -4.64. The zero-order valence-electron chi connectivity index (χ0n) is 18.4. The summed E-state index contributed by atoms with van der Waals surface area (Å²) in [5.74, 6) is -1.03. The van der Waals surface area contributed by atoms with Crippen molar-refractivity contribution in [2.45, 2.75) is 4.90 Å². The summed E-state index contributed by atoms with van der Waals surface area (Å²) < 4.78 is 32.9. The van der Waals surface area contributed by atoms with Gasteiger partial charge in [-0.1, -0.05) is 47.7 Å². The molecule has 0 amide bonds. The second kappa shape index (κ2) is 10.8. The summed E-state index contributed by atoms with van der Waals surface area (Å²) in [4.78, 5) is 24.4. The summed E-state index contributed by atoms with van der Waals surface area (Å²) in [6.45, 7) is 0. The minimum absolute atomic E-state index is 0. The van der Waals surface area contributed by atoms with E-state index in [-0.39, 0.29) is 62.1 Å². The van der Waals surface area contributed by atoms with Crippen molar-refractivity contribution in [2.75, 3.05) is 10.9 Å². The van der Waals surface area contributed by atoms with Crippen LogP contribution in [0.5, 0.6) is 11.5 Å². The Bertz CT molecular complexity index is 1820. The molecule has 4 rings (SSSR count). The molecule has 0 aliphatic carbocycles. The molecule has 0 saturated heterocycles. The Balaban J connectivity index is 0.00000361. The predicted molar refractivity (Wildman–Crippen MR) is 126 cm³/mol. The number of hydrogen-bond donors (Lipinski definition) is 4. The van der Waals surface area contributed by atoms with Crippen molar-refractivity contribution in [3.8, 4) is 11.5 Å². The van der Waals surface area contributed by atoms with Crippen LogP contribution in [0.1, 0.15) is 0 Å². The number of phenols is 1. The van der Waals surface area contributed by atoms with E-state index >= 15 is 0 Å². The van der Waals surface area contributed by atoms with Crippen molar-refractivity contribution in [1.82, 2.24) is 0 Å². The van der Waals surface area contributed by atoms with Crippen LogP contribution >= 0.6 is 11.6 Å². The van der Waals surface area contributed by atoms with Crippen molar-refractivity contribution < 1.29 is 52.7 Å². The van der Waals surface area contributed by atoms with Crippen LogP contribution in [-0.4, -0.2) is 18.1 Å².